The van der Waals surface area contributed by atoms with Gasteiger partial charge in [0, 0.05) is 38.2 Å². The maximum atomic E-state index is 12.5. The number of rotatable bonds is 8. The van der Waals surface area contributed by atoms with Gasteiger partial charge in [0.25, 0.3) is 0 Å². The lowest BCUT2D eigenvalue weighted by Crippen LogP contribution is -2.49. The molecule has 154 valence electrons. The number of Topliss-reactive ketones (excluding diaryl/α,β-unsaturated/α-hetero) is 1. The SMILES string of the molecule is CCc1ccc(C(=O)CN2CCN(C(=O)CCc3ccc(OC)cc3)CC2)cc1. The zero-order valence-corrected chi connectivity index (χ0v) is 17.4. The van der Waals surface area contributed by atoms with Crippen molar-refractivity contribution in [3.63, 3.8) is 0 Å². The van der Waals surface area contributed by atoms with E-state index < -0.39 is 0 Å². The molecule has 0 aromatic heterocycles. The Hall–Kier alpha value is -2.66. The molecular formula is C24H30N2O3. The van der Waals surface area contributed by atoms with Crippen LogP contribution in [0.15, 0.2) is 48.5 Å². The smallest absolute Gasteiger partial charge is 0.222 e. The minimum absolute atomic E-state index is 0.145. The third-order valence-corrected chi connectivity index (χ3v) is 5.56. The molecule has 2 aromatic rings. The first-order valence-electron chi connectivity index (χ1n) is 10.3. The van der Waals surface area contributed by atoms with Crippen molar-refractivity contribution < 1.29 is 14.3 Å². The van der Waals surface area contributed by atoms with Gasteiger partial charge in [-0.1, -0.05) is 43.3 Å². The van der Waals surface area contributed by atoms with E-state index >= 15 is 0 Å². The highest BCUT2D eigenvalue weighted by molar-refractivity contribution is 5.97. The van der Waals surface area contributed by atoms with E-state index in [1.54, 1.807) is 7.11 Å². The molecule has 0 spiro atoms. The number of hydrogen-bond donors (Lipinski definition) is 0. The third kappa shape index (κ3) is 5.91. The van der Waals surface area contributed by atoms with Gasteiger partial charge in [0.2, 0.25) is 5.91 Å². The van der Waals surface area contributed by atoms with Crippen LogP contribution in [-0.4, -0.2) is 61.3 Å². The molecule has 1 heterocycles. The first kappa shape index (κ1) is 21.1. The van der Waals surface area contributed by atoms with E-state index in [-0.39, 0.29) is 11.7 Å². The molecule has 5 heteroatoms. The van der Waals surface area contributed by atoms with Crippen molar-refractivity contribution in [3.05, 3.63) is 65.2 Å². The molecule has 0 unspecified atom stereocenters. The number of methoxy groups -OCH3 is 1. The number of carbonyl (C=O) groups excluding carboxylic acids is 2. The van der Waals surface area contributed by atoms with Gasteiger partial charge in [-0.3, -0.25) is 14.5 Å². The fraction of sp³-hybridized carbons (Fsp3) is 0.417. The Morgan fingerprint density at radius 1 is 0.897 bits per heavy atom. The summed E-state index contributed by atoms with van der Waals surface area (Å²) in [5, 5.41) is 0. The largest absolute Gasteiger partial charge is 0.497 e. The summed E-state index contributed by atoms with van der Waals surface area (Å²) in [6.45, 7) is 5.38. The lowest BCUT2D eigenvalue weighted by Gasteiger charge is -2.34. The Balaban J connectivity index is 1.41. The second-order valence-electron chi connectivity index (χ2n) is 7.48. The topological polar surface area (TPSA) is 49.9 Å². The molecule has 0 atom stereocenters. The minimum Gasteiger partial charge on any atom is -0.497 e. The molecule has 3 rings (SSSR count). The second-order valence-corrected chi connectivity index (χ2v) is 7.48. The highest BCUT2D eigenvalue weighted by atomic mass is 16.5. The maximum absolute atomic E-state index is 12.5. The molecule has 1 saturated heterocycles. The Labute approximate surface area is 173 Å². The van der Waals surface area contributed by atoms with Gasteiger partial charge in [-0.2, -0.15) is 0 Å². The molecule has 29 heavy (non-hydrogen) atoms. The van der Waals surface area contributed by atoms with Crippen LogP contribution in [0.2, 0.25) is 0 Å². The van der Waals surface area contributed by atoms with Gasteiger partial charge >= 0.3 is 0 Å². The number of hydrogen-bond acceptors (Lipinski definition) is 4. The standard InChI is InChI=1S/C24H30N2O3/c1-3-19-4-9-21(10-5-19)23(27)18-25-14-16-26(17-15-25)24(28)13-8-20-6-11-22(29-2)12-7-20/h4-7,9-12H,3,8,13-18H2,1-2H3. The average molecular weight is 395 g/mol. The monoisotopic (exact) mass is 394 g/mol. The van der Waals surface area contributed by atoms with E-state index in [1.165, 1.54) is 5.56 Å². The van der Waals surface area contributed by atoms with Crippen LogP contribution in [0.3, 0.4) is 0 Å². The Morgan fingerprint density at radius 2 is 1.52 bits per heavy atom. The zero-order valence-electron chi connectivity index (χ0n) is 17.4. The van der Waals surface area contributed by atoms with Crippen molar-refractivity contribution in [3.8, 4) is 5.75 Å². The first-order valence-corrected chi connectivity index (χ1v) is 10.3. The molecule has 1 fully saturated rings. The number of carbonyl (C=O) groups is 2. The molecule has 0 saturated carbocycles. The van der Waals surface area contributed by atoms with Gasteiger partial charge in [-0.05, 0) is 36.1 Å². The quantitative estimate of drug-likeness (QED) is 0.645. The van der Waals surface area contributed by atoms with Gasteiger partial charge in [0.1, 0.15) is 5.75 Å². The molecule has 2 aromatic carbocycles. The molecule has 0 bridgehead atoms. The third-order valence-electron chi connectivity index (χ3n) is 5.56. The van der Waals surface area contributed by atoms with Gasteiger partial charge in [-0.25, -0.2) is 0 Å². The normalized spacial score (nSPS) is 14.6. The minimum atomic E-state index is 0.145. The van der Waals surface area contributed by atoms with Crippen molar-refractivity contribution in [1.29, 1.82) is 0 Å². The first-order chi connectivity index (χ1) is 14.1. The number of benzene rings is 2. The van der Waals surface area contributed by atoms with Crippen LogP contribution in [0.25, 0.3) is 0 Å². The van der Waals surface area contributed by atoms with Crippen LogP contribution in [0.1, 0.15) is 34.8 Å². The number of nitrogens with zero attached hydrogens (tertiary/aromatic N) is 2. The fourth-order valence-corrected chi connectivity index (χ4v) is 3.58. The highest BCUT2D eigenvalue weighted by Crippen LogP contribution is 2.14. The number of ether oxygens (including phenoxy) is 1. The van der Waals surface area contributed by atoms with Gasteiger partial charge in [0.05, 0.1) is 13.7 Å². The molecular weight excluding hydrogens is 364 g/mol. The summed E-state index contributed by atoms with van der Waals surface area (Å²) in [4.78, 5) is 29.1. The van der Waals surface area contributed by atoms with E-state index in [2.05, 4.69) is 11.8 Å². The van der Waals surface area contributed by atoms with Crippen molar-refractivity contribution in [2.45, 2.75) is 26.2 Å². The molecule has 0 radical (unpaired) electrons. The van der Waals surface area contributed by atoms with Crippen LogP contribution in [0.4, 0.5) is 0 Å². The number of amides is 1. The Kier molecular flexibility index (Phi) is 7.42. The molecule has 5 nitrogen and oxygen atoms in total. The van der Waals surface area contributed by atoms with Crippen molar-refractivity contribution in [2.24, 2.45) is 0 Å². The molecule has 0 N–H and O–H groups in total. The van der Waals surface area contributed by atoms with Crippen LogP contribution >= 0.6 is 0 Å². The lowest BCUT2D eigenvalue weighted by atomic mass is 10.1. The molecule has 1 aliphatic heterocycles. The predicted molar refractivity (Wildman–Crippen MR) is 114 cm³/mol. The second kappa shape index (κ2) is 10.2. The van der Waals surface area contributed by atoms with Gasteiger partial charge < -0.3 is 9.64 Å². The van der Waals surface area contributed by atoms with E-state index in [4.69, 9.17) is 4.74 Å². The van der Waals surface area contributed by atoms with E-state index in [1.807, 2.05) is 53.4 Å². The van der Waals surface area contributed by atoms with Crippen molar-refractivity contribution in [1.82, 2.24) is 9.80 Å². The van der Waals surface area contributed by atoms with Crippen LogP contribution in [-0.2, 0) is 17.6 Å². The number of ketones is 1. The van der Waals surface area contributed by atoms with Crippen LogP contribution in [0, 0.1) is 0 Å². The van der Waals surface area contributed by atoms with E-state index in [0.717, 1.165) is 42.8 Å². The zero-order chi connectivity index (χ0) is 20.6. The fourth-order valence-electron chi connectivity index (χ4n) is 3.58. The molecule has 0 aliphatic carbocycles. The summed E-state index contributed by atoms with van der Waals surface area (Å²) in [5.41, 5.74) is 3.14. The number of piperazine rings is 1. The summed E-state index contributed by atoms with van der Waals surface area (Å²) >= 11 is 0. The van der Waals surface area contributed by atoms with Gasteiger partial charge in [-0.15, -0.1) is 0 Å². The Morgan fingerprint density at radius 3 is 2.10 bits per heavy atom. The molecule has 1 aliphatic rings. The predicted octanol–water partition coefficient (Wildman–Crippen LogP) is 3.22. The molecule has 1 amide bonds. The maximum Gasteiger partial charge on any atom is 0.222 e. The highest BCUT2D eigenvalue weighted by Gasteiger charge is 2.22. The summed E-state index contributed by atoms with van der Waals surface area (Å²) in [6, 6.07) is 15.7. The van der Waals surface area contributed by atoms with E-state index in [0.29, 0.717) is 26.1 Å². The van der Waals surface area contributed by atoms with Crippen molar-refractivity contribution in [2.75, 3.05) is 39.8 Å². The van der Waals surface area contributed by atoms with Crippen LogP contribution < -0.4 is 4.74 Å². The van der Waals surface area contributed by atoms with Crippen LogP contribution in [0.5, 0.6) is 5.75 Å². The average Bonchev–Trinajstić information content (AvgIpc) is 2.78. The lowest BCUT2D eigenvalue weighted by molar-refractivity contribution is -0.132. The summed E-state index contributed by atoms with van der Waals surface area (Å²) in [5.74, 6) is 1.15. The summed E-state index contributed by atoms with van der Waals surface area (Å²) in [6.07, 6.45) is 2.22. The Bertz CT molecular complexity index is 807. The summed E-state index contributed by atoms with van der Waals surface area (Å²) < 4.78 is 5.16. The number of aryl methyl sites for hydroxylation is 2. The summed E-state index contributed by atoms with van der Waals surface area (Å²) in [7, 11) is 1.65. The van der Waals surface area contributed by atoms with E-state index in [9.17, 15) is 9.59 Å². The van der Waals surface area contributed by atoms with Gasteiger partial charge in [0.15, 0.2) is 5.78 Å². The van der Waals surface area contributed by atoms with Crippen molar-refractivity contribution >= 4 is 11.7 Å².